The monoisotopic (exact) mass is 417 g/mol. The number of aromatic nitrogens is 2. The van der Waals surface area contributed by atoms with Gasteiger partial charge in [-0.1, -0.05) is 12.1 Å². The highest BCUT2D eigenvalue weighted by atomic mass is 16.5. The Balaban J connectivity index is 1.87. The van der Waals surface area contributed by atoms with E-state index in [1.165, 1.54) is 0 Å². The molecule has 0 unspecified atom stereocenters. The largest absolute Gasteiger partial charge is 0.490 e. The Kier molecular flexibility index (Phi) is 5.19. The fourth-order valence-corrected chi connectivity index (χ4v) is 3.78. The first-order valence-corrected chi connectivity index (χ1v) is 10.2. The van der Waals surface area contributed by atoms with Crippen LogP contribution in [0.5, 0.6) is 11.5 Å². The zero-order chi connectivity index (χ0) is 22.2. The molecule has 0 aliphatic carbocycles. The van der Waals surface area contributed by atoms with Crippen molar-refractivity contribution in [2.45, 2.75) is 32.8 Å². The summed E-state index contributed by atoms with van der Waals surface area (Å²) in [6.45, 7) is 6.52. The molecule has 2 aromatic carbocycles. The van der Waals surface area contributed by atoms with Gasteiger partial charge in [0.05, 0.1) is 6.61 Å². The van der Waals surface area contributed by atoms with Crippen molar-refractivity contribution in [1.29, 1.82) is 0 Å². The fraction of sp³-hybridized carbons (Fsp3) is 0.250. The highest BCUT2D eigenvalue weighted by Gasteiger charge is 2.30. The van der Waals surface area contributed by atoms with E-state index in [9.17, 15) is 0 Å². The molecular formula is C24H27N5O2. The molecule has 4 rings (SSSR count). The predicted octanol–water partition coefficient (Wildman–Crippen LogP) is 3.82. The number of hydrogen-bond acceptors (Lipinski definition) is 7. The van der Waals surface area contributed by atoms with Crippen LogP contribution in [0.1, 0.15) is 43.0 Å². The van der Waals surface area contributed by atoms with E-state index in [1.807, 2.05) is 51.1 Å². The quantitative estimate of drug-likeness (QED) is 0.539. The molecule has 0 saturated carbocycles. The zero-order valence-electron chi connectivity index (χ0n) is 18.0. The van der Waals surface area contributed by atoms with Crippen molar-refractivity contribution in [1.82, 2.24) is 9.97 Å². The van der Waals surface area contributed by atoms with E-state index in [0.29, 0.717) is 30.3 Å². The Labute approximate surface area is 181 Å². The Morgan fingerprint density at radius 1 is 1.10 bits per heavy atom. The first-order valence-electron chi connectivity index (χ1n) is 10.2. The third-order valence-corrected chi connectivity index (χ3v) is 5.07. The van der Waals surface area contributed by atoms with Crippen LogP contribution in [0.25, 0.3) is 5.57 Å². The SMILES string of the molecule is CCOc1cc(Cc2cnc(N)nc2N)cc2c1OC(C)(C)C=C2c1cccc(N)c1. The molecule has 0 amide bonds. The van der Waals surface area contributed by atoms with Crippen LogP contribution in [-0.4, -0.2) is 22.2 Å². The molecule has 1 aliphatic rings. The van der Waals surface area contributed by atoms with E-state index >= 15 is 0 Å². The molecule has 7 heteroatoms. The highest BCUT2D eigenvalue weighted by Crippen LogP contribution is 2.46. The molecule has 1 aromatic heterocycles. The van der Waals surface area contributed by atoms with Gasteiger partial charge in [-0.3, -0.25) is 0 Å². The maximum atomic E-state index is 6.33. The van der Waals surface area contributed by atoms with Gasteiger partial charge in [-0.05, 0) is 67.8 Å². The second-order valence-corrected chi connectivity index (χ2v) is 8.11. The molecule has 0 bridgehead atoms. The summed E-state index contributed by atoms with van der Waals surface area (Å²) in [7, 11) is 0. The Morgan fingerprint density at radius 3 is 2.61 bits per heavy atom. The van der Waals surface area contributed by atoms with Crippen LogP contribution >= 0.6 is 0 Å². The van der Waals surface area contributed by atoms with Crippen molar-refractivity contribution in [2.24, 2.45) is 0 Å². The lowest BCUT2D eigenvalue weighted by Crippen LogP contribution is -2.29. The van der Waals surface area contributed by atoms with Gasteiger partial charge < -0.3 is 26.7 Å². The van der Waals surface area contributed by atoms with Gasteiger partial charge in [0.1, 0.15) is 11.4 Å². The summed E-state index contributed by atoms with van der Waals surface area (Å²) in [5, 5.41) is 0. The highest BCUT2D eigenvalue weighted by molar-refractivity contribution is 5.87. The summed E-state index contributed by atoms with van der Waals surface area (Å²) in [4.78, 5) is 8.15. The third kappa shape index (κ3) is 4.26. The van der Waals surface area contributed by atoms with Crippen molar-refractivity contribution in [3.8, 4) is 11.5 Å². The van der Waals surface area contributed by atoms with Gasteiger partial charge in [0.25, 0.3) is 0 Å². The number of anilines is 3. The van der Waals surface area contributed by atoms with Gasteiger partial charge in [-0.15, -0.1) is 0 Å². The molecule has 0 radical (unpaired) electrons. The van der Waals surface area contributed by atoms with Crippen LogP contribution in [0, 0.1) is 0 Å². The lowest BCUT2D eigenvalue weighted by Gasteiger charge is -2.33. The molecule has 160 valence electrons. The van der Waals surface area contributed by atoms with Gasteiger partial charge in [0.2, 0.25) is 5.95 Å². The molecule has 0 atom stereocenters. The average Bonchev–Trinajstić information content (AvgIpc) is 2.70. The van der Waals surface area contributed by atoms with Crippen molar-refractivity contribution < 1.29 is 9.47 Å². The standard InChI is InChI=1S/C24H27N5O2/c1-4-30-20-10-14(8-16-13-28-23(27)29-22(16)26)9-18-19(12-24(2,3)31-21(18)20)15-6-5-7-17(25)11-15/h5-7,9-13H,4,8,25H2,1-3H3,(H4,26,27,28,29). The van der Waals surface area contributed by atoms with Crippen LogP contribution in [0.4, 0.5) is 17.5 Å². The summed E-state index contributed by atoms with van der Waals surface area (Å²) in [6.07, 6.45) is 4.31. The molecule has 0 saturated heterocycles. The molecule has 1 aliphatic heterocycles. The molecule has 6 N–H and O–H groups in total. The first kappa shape index (κ1) is 20.5. The summed E-state index contributed by atoms with van der Waals surface area (Å²) >= 11 is 0. The van der Waals surface area contributed by atoms with Gasteiger partial charge >= 0.3 is 0 Å². The maximum Gasteiger partial charge on any atom is 0.221 e. The smallest absolute Gasteiger partial charge is 0.221 e. The Morgan fingerprint density at radius 2 is 1.90 bits per heavy atom. The summed E-state index contributed by atoms with van der Waals surface area (Å²) < 4.78 is 12.3. The minimum atomic E-state index is -0.504. The normalized spacial score (nSPS) is 14.4. The minimum absolute atomic E-state index is 0.157. The van der Waals surface area contributed by atoms with Crippen LogP contribution in [0.3, 0.4) is 0 Å². The number of ether oxygens (including phenoxy) is 2. The Bertz CT molecular complexity index is 1170. The Hall–Kier alpha value is -3.74. The number of benzene rings is 2. The molecule has 2 heterocycles. The fourth-order valence-electron chi connectivity index (χ4n) is 3.78. The lowest BCUT2D eigenvalue weighted by molar-refractivity contribution is 0.149. The predicted molar refractivity (Wildman–Crippen MR) is 124 cm³/mol. The number of nitrogen functional groups attached to an aromatic ring is 3. The van der Waals surface area contributed by atoms with Crippen LogP contribution in [0.15, 0.2) is 48.7 Å². The van der Waals surface area contributed by atoms with Crippen molar-refractivity contribution >= 4 is 23.0 Å². The van der Waals surface area contributed by atoms with Crippen molar-refractivity contribution in [2.75, 3.05) is 23.8 Å². The van der Waals surface area contributed by atoms with E-state index in [-0.39, 0.29) is 5.95 Å². The van der Waals surface area contributed by atoms with Crippen molar-refractivity contribution in [3.05, 3.63) is 70.9 Å². The van der Waals surface area contributed by atoms with E-state index in [1.54, 1.807) is 6.20 Å². The minimum Gasteiger partial charge on any atom is -0.490 e. The molecule has 0 fully saturated rings. The van der Waals surface area contributed by atoms with E-state index in [2.05, 4.69) is 22.1 Å². The van der Waals surface area contributed by atoms with Crippen LogP contribution < -0.4 is 26.7 Å². The zero-order valence-corrected chi connectivity index (χ0v) is 18.0. The molecule has 0 spiro atoms. The second-order valence-electron chi connectivity index (χ2n) is 8.11. The summed E-state index contributed by atoms with van der Waals surface area (Å²) in [5.41, 5.74) is 22.8. The summed E-state index contributed by atoms with van der Waals surface area (Å²) in [5.74, 6) is 1.93. The topological polar surface area (TPSA) is 122 Å². The first-order chi connectivity index (χ1) is 14.8. The van der Waals surface area contributed by atoms with Gasteiger partial charge in [-0.2, -0.15) is 4.98 Å². The number of hydrogen-bond donors (Lipinski definition) is 3. The number of fused-ring (bicyclic) bond motifs is 1. The second kappa shape index (κ2) is 7.83. The van der Waals surface area contributed by atoms with Crippen molar-refractivity contribution in [3.63, 3.8) is 0 Å². The molecule has 3 aromatic rings. The van der Waals surface area contributed by atoms with Gasteiger partial charge in [0.15, 0.2) is 11.5 Å². The van der Waals surface area contributed by atoms with Gasteiger partial charge in [0, 0.05) is 29.4 Å². The average molecular weight is 418 g/mol. The van der Waals surface area contributed by atoms with E-state index in [0.717, 1.165) is 33.6 Å². The molecule has 7 nitrogen and oxygen atoms in total. The van der Waals surface area contributed by atoms with Gasteiger partial charge in [-0.25, -0.2) is 4.98 Å². The van der Waals surface area contributed by atoms with E-state index in [4.69, 9.17) is 26.7 Å². The number of nitrogens with zero attached hydrogens (tertiary/aromatic N) is 2. The lowest BCUT2D eigenvalue weighted by atomic mass is 9.88. The third-order valence-electron chi connectivity index (χ3n) is 5.07. The number of nitrogens with two attached hydrogens (primary N) is 3. The molecular weight excluding hydrogens is 390 g/mol. The molecule has 31 heavy (non-hydrogen) atoms. The summed E-state index contributed by atoms with van der Waals surface area (Å²) in [6, 6.07) is 11.9. The van der Waals surface area contributed by atoms with E-state index < -0.39 is 5.60 Å². The van der Waals surface area contributed by atoms with Crippen LogP contribution in [0.2, 0.25) is 0 Å². The number of rotatable bonds is 5. The van der Waals surface area contributed by atoms with Crippen LogP contribution in [-0.2, 0) is 6.42 Å². The maximum absolute atomic E-state index is 6.33.